The van der Waals surface area contributed by atoms with Crippen LogP contribution in [-0.4, -0.2) is 17.9 Å². The Bertz CT molecular complexity index is 540. The van der Waals surface area contributed by atoms with Crippen LogP contribution < -0.4 is 14.4 Å². The van der Waals surface area contributed by atoms with Crippen molar-refractivity contribution in [3.05, 3.63) is 54.6 Å². The molecular weight excluding hydrogens is 265 g/mol. The third-order valence-corrected chi connectivity index (χ3v) is 6.69. The Morgan fingerprint density at radius 3 is 2.12 bits per heavy atom. The molecule has 1 atom stereocenters. The van der Waals surface area contributed by atoms with E-state index >= 15 is 0 Å². The molecule has 0 saturated heterocycles. The first-order valence-electron chi connectivity index (χ1n) is 4.86. The minimum absolute atomic E-state index is 0.354. The van der Waals surface area contributed by atoms with E-state index < -0.39 is 13.8 Å². The summed E-state index contributed by atoms with van der Waals surface area (Å²) in [5, 5.41) is 0. The van der Waals surface area contributed by atoms with Gasteiger partial charge in [-0.3, -0.25) is 0 Å². The minimum atomic E-state index is -4.25. The summed E-state index contributed by atoms with van der Waals surface area (Å²) in [5.74, 6) is 0. The molecule has 2 aromatic rings. The maximum atomic E-state index is 12.4. The Hall–Kier alpha value is -1.44. The van der Waals surface area contributed by atoms with Crippen LogP contribution in [0, 0.1) is 0 Å². The number of hydrogen-bond donors (Lipinski definition) is 2. The van der Waals surface area contributed by atoms with Crippen LogP contribution in [-0.2, 0) is 3.74 Å². The van der Waals surface area contributed by atoms with Gasteiger partial charge in [-0.2, -0.15) is 0 Å². The maximum absolute atomic E-state index is 12.4. The van der Waals surface area contributed by atoms with Crippen LogP contribution in [0.25, 0.3) is 0 Å². The molecule has 0 saturated carbocycles. The van der Waals surface area contributed by atoms with Gasteiger partial charge in [0.15, 0.2) is 0 Å². The number of para-hydroxylation sites is 1. The molecule has 0 aromatic heterocycles. The molecule has 2 aromatic carbocycles. The predicted octanol–water partition coefficient (Wildman–Crippen LogP) is 0.248. The second-order valence-electron chi connectivity index (χ2n) is 3.47. The van der Waals surface area contributed by atoms with E-state index in [2.05, 4.69) is 0 Å². The van der Waals surface area contributed by atoms with E-state index in [1.54, 1.807) is 48.5 Å². The zero-order chi connectivity index (χ0) is 11.6. The first kappa shape index (κ1) is 11.1. The summed E-state index contributed by atoms with van der Waals surface area (Å²) >= 11 is -4.25. The second kappa shape index (κ2) is 4.20. The zero-order valence-corrected chi connectivity index (χ0v) is 10.5. The van der Waals surface area contributed by atoms with E-state index in [9.17, 15) is 7.84 Å². The third kappa shape index (κ3) is 1.92. The van der Waals surface area contributed by atoms with Crippen molar-refractivity contribution in [2.45, 2.75) is 0 Å². The molecule has 0 fully saturated rings. The summed E-state index contributed by atoms with van der Waals surface area (Å²) in [4.78, 5) is 0. The van der Waals surface area contributed by atoms with Crippen molar-refractivity contribution in [3.8, 4) is 0 Å². The second-order valence-corrected chi connectivity index (χ2v) is 7.98. The number of anilines is 1. The molecule has 0 aliphatic heterocycles. The van der Waals surface area contributed by atoms with Crippen LogP contribution in [0.2, 0.25) is 0 Å². The van der Waals surface area contributed by atoms with Gasteiger partial charge < -0.3 is 0 Å². The molecule has 3 N–H and O–H groups in total. The van der Waals surface area contributed by atoms with Gasteiger partial charge in [-0.1, -0.05) is 0 Å². The molecule has 82 valence electrons. The molecule has 0 heterocycles. The van der Waals surface area contributed by atoms with Crippen LogP contribution in [0.4, 0.5) is 5.69 Å². The van der Waals surface area contributed by atoms with Gasteiger partial charge in [0.25, 0.3) is 0 Å². The van der Waals surface area contributed by atoms with E-state index in [1.807, 2.05) is 6.07 Å². The summed E-state index contributed by atoms with van der Waals surface area (Å²) < 4.78 is 23.4. The van der Waals surface area contributed by atoms with Gasteiger partial charge >= 0.3 is 96.4 Å². The van der Waals surface area contributed by atoms with Crippen LogP contribution >= 0.6 is 0 Å². The van der Waals surface area contributed by atoms with Crippen LogP contribution in [0.15, 0.2) is 54.6 Å². The van der Waals surface area contributed by atoms with Crippen molar-refractivity contribution < 1.29 is 7.84 Å². The molecule has 0 bridgehead atoms. The Morgan fingerprint density at radius 1 is 0.938 bits per heavy atom. The summed E-state index contributed by atoms with van der Waals surface area (Å²) in [6.45, 7) is 0. The van der Waals surface area contributed by atoms with Crippen molar-refractivity contribution in [2.75, 3.05) is 5.73 Å². The number of rotatable bonds is 2. The Kier molecular flexibility index (Phi) is 2.90. The van der Waals surface area contributed by atoms with Crippen molar-refractivity contribution in [1.82, 2.24) is 0 Å². The SMILES string of the molecule is Nc1ccccc1[As](=O)(O)c1ccccc1. The fourth-order valence-electron chi connectivity index (χ4n) is 1.53. The summed E-state index contributed by atoms with van der Waals surface area (Å²) in [7, 11) is 0. The summed E-state index contributed by atoms with van der Waals surface area (Å²) in [6, 6.07) is 15.4. The molecule has 16 heavy (non-hydrogen) atoms. The first-order chi connectivity index (χ1) is 7.62. The van der Waals surface area contributed by atoms with Gasteiger partial charge in [-0.15, -0.1) is 0 Å². The molecule has 0 spiro atoms. The molecule has 3 nitrogen and oxygen atoms in total. The van der Waals surface area contributed by atoms with Crippen LogP contribution in [0.3, 0.4) is 0 Å². The summed E-state index contributed by atoms with van der Waals surface area (Å²) in [6.07, 6.45) is 0. The van der Waals surface area contributed by atoms with Gasteiger partial charge in [0.05, 0.1) is 0 Å². The van der Waals surface area contributed by atoms with Gasteiger partial charge in [0.2, 0.25) is 0 Å². The monoisotopic (exact) mass is 277 g/mol. The Labute approximate surface area is 96.6 Å². The summed E-state index contributed by atoms with van der Waals surface area (Å²) in [5.41, 5.74) is 6.10. The number of hydrogen-bond acceptors (Lipinski definition) is 2. The standard InChI is InChI=1S/C12H12AsNO2/c14-12-9-5-4-8-11(12)13(15,16)10-6-2-1-3-7-10/h1-9H,14H2,(H,15,16). The molecule has 0 radical (unpaired) electrons. The Morgan fingerprint density at radius 2 is 1.50 bits per heavy atom. The quantitative estimate of drug-likeness (QED) is 0.611. The van der Waals surface area contributed by atoms with Crippen molar-refractivity contribution in [3.63, 3.8) is 0 Å². The topological polar surface area (TPSA) is 63.3 Å². The molecule has 0 aliphatic rings. The van der Waals surface area contributed by atoms with Crippen molar-refractivity contribution >= 4 is 28.2 Å². The fraction of sp³-hybridized carbons (Fsp3) is 0. The molecule has 1 unspecified atom stereocenters. The van der Waals surface area contributed by atoms with E-state index in [0.717, 1.165) is 0 Å². The average molecular weight is 277 g/mol. The first-order valence-corrected chi connectivity index (χ1v) is 8.34. The number of nitrogens with two attached hydrogens (primary N) is 1. The van der Waals surface area contributed by atoms with Gasteiger partial charge in [0.1, 0.15) is 0 Å². The van der Waals surface area contributed by atoms with Gasteiger partial charge in [-0.05, 0) is 0 Å². The van der Waals surface area contributed by atoms with Crippen LogP contribution in [0.5, 0.6) is 0 Å². The molecule has 0 aliphatic carbocycles. The van der Waals surface area contributed by atoms with Gasteiger partial charge in [-0.25, -0.2) is 0 Å². The Balaban J connectivity index is 2.56. The van der Waals surface area contributed by atoms with Crippen LogP contribution in [0.1, 0.15) is 0 Å². The molecular formula is C12H12AsNO2. The average Bonchev–Trinajstić information content (AvgIpc) is 2.30. The van der Waals surface area contributed by atoms with E-state index in [4.69, 9.17) is 5.73 Å². The van der Waals surface area contributed by atoms with E-state index in [1.165, 1.54) is 0 Å². The molecule has 0 amide bonds. The third-order valence-electron chi connectivity index (χ3n) is 2.37. The van der Waals surface area contributed by atoms with Gasteiger partial charge in [0, 0.05) is 0 Å². The number of benzene rings is 2. The van der Waals surface area contributed by atoms with E-state index in [-0.39, 0.29) is 0 Å². The fourth-order valence-corrected chi connectivity index (χ4v) is 4.82. The van der Waals surface area contributed by atoms with Crippen molar-refractivity contribution in [2.24, 2.45) is 0 Å². The molecule has 4 heteroatoms. The molecule has 2 rings (SSSR count). The predicted molar refractivity (Wildman–Crippen MR) is 65.2 cm³/mol. The van der Waals surface area contributed by atoms with E-state index in [0.29, 0.717) is 14.4 Å². The zero-order valence-electron chi connectivity index (χ0n) is 8.58. The normalized spacial score (nSPS) is 14.3. The van der Waals surface area contributed by atoms with Crippen molar-refractivity contribution in [1.29, 1.82) is 0 Å². The number of nitrogen functional groups attached to an aromatic ring is 1.